The lowest BCUT2D eigenvalue weighted by Gasteiger charge is -2.11. The highest BCUT2D eigenvalue weighted by atomic mass is 32.2. The quantitative estimate of drug-likeness (QED) is 0.448. The van der Waals surface area contributed by atoms with Gasteiger partial charge in [0.1, 0.15) is 17.6 Å². The smallest absolute Gasteiger partial charge is 0.288 e. The van der Waals surface area contributed by atoms with Crippen molar-refractivity contribution in [3.05, 3.63) is 60.6 Å². The van der Waals surface area contributed by atoms with E-state index in [2.05, 4.69) is 27.5 Å². The van der Waals surface area contributed by atoms with E-state index in [-0.39, 0.29) is 0 Å². The number of rotatable bonds is 5. The topological polar surface area (TPSA) is 18.0 Å². The number of methoxy groups -OCH3 is 1. The van der Waals surface area contributed by atoms with Crippen LogP contribution in [0.15, 0.2) is 59.6 Å². The summed E-state index contributed by atoms with van der Waals surface area (Å²) in [6.45, 7) is 0.974. The van der Waals surface area contributed by atoms with Gasteiger partial charge in [0, 0.05) is 16.9 Å². The molecule has 0 radical (unpaired) electrons. The fourth-order valence-electron chi connectivity index (χ4n) is 3.60. The summed E-state index contributed by atoms with van der Waals surface area (Å²) in [5.74, 6) is -0.290. The number of hydrogen-bond acceptors (Lipinski definition) is 2. The van der Waals surface area contributed by atoms with Gasteiger partial charge in [-0.2, -0.15) is 13.3 Å². The van der Waals surface area contributed by atoms with E-state index < -0.39 is 5.76 Å². The van der Waals surface area contributed by atoms with Crippen LogP contribution in [-0.2, 0) is 13.0 Å². The van der Waals surface area contributed by atoms with Gasteiger partial charge in [-0.25, -0.2) is 4.57 Å². The number of aromatic nitrogens is 2. The van der Waals surface area contributed by atoms with Crippen LogP contribution in [0, 0.1) is 0 Å². The summed E-state index contributed by atoms with van der Waals surface area (Å²) in [6.07, 6.45) is 5.49. The van der Waals surface area contributed by atoms with Crippen LogP contribution < -0.4 is 9.30 Å². The highest BCUT2D eigenvalue weighted by Crippen LogP contribution is 2.29. The summed E-state index contributed by atoms with van der Waals surface area (Å²) in [7, 11) is 1.66. The largest absolute Gasteiger partial charge is 0.497 e. The summed E-state index contributed by atoms with van der Waals surface area (Å²) in [4.78, 5) is 0.585. The zero-order valence-corrected chi connectivity index (χ0v) is 15.9. The summed E-state index contributed by atoms with van der Waals surface area (Å²) >= 11 is 0.579. The van der Waals surface area contributed by atoms with Crippen LogP contribution in [0.5, 0.6) is 5.75 Å². The molecule has 6 heteroatoms. The molecule has 2 heterocycles. The molecule has 3 nitrogen and oxygen atoms in total. The maximum absolute atomic E-state index is 12.6. The number of nitrogens with zero attached hydrogens (tertiary/aromatic N) is 2. The molecule has 1 aliphatic rings. The van der Waals surface area contributed by atoms with Crippen LogP contribution in [0.25, 0.3) is 16.9 Å². The molecule has 0 N–H and O–H groups in total. The van der Waals surface area contributed by atoms with Gasteiger partial charge >= 0.3 is 0 Å². The molecule has 0 saturated carbocycles. The van der Waals surface area contributed by atoms with E-state index in [1.165, 1.54) is 12.2 Å². The van der Waals surface area contributed by atoms with Crippen LogP contribution in [0.1, 0.15) is 18.7 Å². The van der Waals surface area contributed by atoms with Crippen LogP contribution in [-0.4, -0.2) is 17.4 Å². The van der Waals surface area contributed by atoms with Crippen molar-refractivity contribution in [2.45, 2.75) is 36.5 Å². The van der Waals surface area contributed by atoms with Crippen molar-refractivity contribution in [3.8, 4) is 22.7 Å². The molecule has 0 aliphatic carbocycles. The fourth-order valence-corrected chi connectivity index (χ4v) is 4.10. The van der Waals surface area contributed by atoms with Crippen molar-refractivity contribution in [2.24, 2.45) is 0 Å². The maximum Gasteiger partial charge on any atom is 0.288 e. The van der Waals surface area contributed by atoms with Gasteiger partial charge in [0.25, 0.3) is 11.6 Å². The molecule has 1 aromatic heterocycles. The Morgan fingerprint density at radius 3 is 2.44 bits per heavy atom. The minimum Gasteiger partial charge on any atom is -0.497 e. The lowest BCUT2D eigenvalue weighted by atomic mass is 10.1. The molecule has 4 rings (SSSR count). The Hall–Kier alpha value is -2.34. The number of ether oxygens (including phenoxy) is 1. The summed E-state index contributed by atoms with van der Waals surface area (Å²) in [5.41, 5.74) is 3.26. The third kappa shape index (κ3) is 3.72. The third-order valence-corrected chi connectivity index (χ3v) is 5.61. The molecule has 2 aromatic carbocycles. The highest BCUT2D eigenvalue weighted by Gasteiger charge is 2.27. The van der Waals surface area contributed by atoms with Crippen molar-refractivity contribution in [1.29, 1.82) is 0 Å². The molecule has 1 aliphatic heterocycles. The molecule has 27 heavy (non-hydrogen) atoms. The summed E-state index contributed by atoms with van der Waals surface area (Å²) in [5, 5.41) is 0. The van der Waals surface area contributed by atoms with Gasteiger partial charge in [0.2, 0.25) is 0 Å². The number of hydrogen-bond donors (Lipinski definition) is 0. The Labute approximate surface area is 161 Å². The SMILES string of the molecule is COc1ccc(-n2cc(-c3ccc(SC(F)F)cc3)[n+]3c2CCCC3)cc1. The molecular formula is C21H21F2N2OS+. The minimum atomic E-state index is -2.39. The number of thioether (sulfide) groups is 1. The van der Waals surface area contributed by atoms with Crippen LogP contribution >= 0.6 is 11.8 Å². The van der Waals surface area contributed by atoms with Gasteiger partial charge in [-0.15, -0.1) is 0 Å². The molecule has 3 aromatic rings. The number of halogens is 2. The van der Waals surface area contributed by atoms with Gasteiger partial charge in [-0.3, -0.25) is 0 Å². The normalized spacial score (nSPS) is 13.6. The molecule has 0 unspecified atom stereocenters. The van der Waals surface area contributed by atoms with Crippen molar-refractivity contribution in [1.82, 2.24) is 4.57 Å². The van der Waals surface area contributed by atoms with Gasteiger partial charge in [0.15, 0.2) is 5.69 Å². The molecule has 140 valence electrons. The van der Waals surface area contributed by atoms with Crippen molar-refractivity contribution in [2.75, 3.05) is 7.11 Å². The number of imidazole rings is 1. The zero-order chi connectivity index (χ0) is 18.8. The Balaban J connectivity index is 1.74. The Morgan fingerprint density at radius 2 is 1.78 bits per heavy atom. The Bertz CT molecular complexity index is 921. The lowest BCUT2D eigenvalue weighted by molar-refractivity contribution is -0.698. The fraction of sp³-hybridized carbons (Fsp3) is 0.286. The number of alkyl halides is 2. The van der Waals surface area contributed by atoms with Gasteiger partial charge in [-0.05, 0) is 61.4 Å². The first-order valence-electron chi connectivity index (χ1n) is 8.99. The third-order valence-electron chi connectivity index (χ3n) is 4.89. The Morgan fingerprint density at radius 1 is 1.04 bits per heavy atom. The van der Waals surface area contributed by atoms with Crippen molar-refractivity contribution >= 4 is 11.8 Å². The first-order valence-corrected chi connectivity index (χ1v) is 9.87. The van der Waals surface area contributed by atoms with E-state index in [1.807, 2.05) is 24.3 Å². The monoisotopic (exact) mass is 387 g/mol. The van der Waals surface area contributed by atoms with E-state index in [9.17, 15) is 8.78 Å². The predicted molar refractivity (Wildman–Crippen MR) is 103 cm³/mol. The van der Waals surface area contributed by atoms with Crippen LogP contribution in [0.2, 0.25) is 0 Å². The minimum absolute atomic E-state index is 0.579. The standard InChI is InChI=1S/C21H21F2N2OS/c1-26-17-9-7-16(8-10-17)25-14-19(24-13-3-2-4-20(24)25)15-5-11-18(12-6-15)27-21(22)23/h5-12,14,21H,2-4,13H2,1H3/q+1. The second kappa shape index (κ2) is 7.72. The van der Waals surface area contributed by atoms with Gasteiger partial charge < -0.3 is 4.74 Å². The van der Waals surface area contributed by atoms with E-state index in [1.54, 1.807) is 19.2 Å². The van der Waals surface area contributed by atoms with E-state index in [4.69, 9.17) is 4.74 Å². The molecule has 0 spiro atoms. The molecule has 0 saturated heterocycles. The first kappa shape index (κ1) is 18.0. The first-order chi connectivity index (χ1) is 13.2. The lowest BCUT2D eigenvalue weighted by Crippen LogP contribution is -2.42. The number of benzene rings is 2. The highest BCUT2D eigenvalue weighted by molar-refractivity contribution is 7.99. The van der Waals surface area contributed by atoms with E-state index >= 15 is 0 Å². The predicted octanol–water partition coefficient (Wildman–Crippen LogP) is 5.09. The van der Waals surface area contributed by atoms with Gasteiger partial charge in [0.05, 0.1) is 13.7 Å². The average molecular weight is 387 g/mol. The molecule has 0 fully saturated rings. The van der Waals surface area contributed by atoms with Crippen molar-refractivity contribution in [3.63, 3.8) is 0 Å². The summed E-state index contributed by atoms with van der Waals surface area (Å²) < 4.78 is 35.0. The Kier molecular flexibility index (Phi) is 5.16. The van der Waals surface area contributed by atoms with E-state index in [0.717, 1.165) is 42.1 Å². The maximum atomic E-state index is 12.6. The van der Waals surface area contributed by atoms with Gasteiger partial charge in [-0.1, -0.05) is 11.8 Å². The molecular weight excluding hydrogens is 366 g/mol. The molecule has 0 amide bonds. The summed E-state index contributed by atoms with van der Waals surface area (Å²) in [6, 6.07) is 15.4. The van der Waals surface area contributed by atoms with Crippen molar-refractivity contribution < 1.29 is 18.1 Å². The average Bonchev–Trinajstić information content (AvgIpc) is 3.08. The molecule has 0 bridgehead atoms. The van der Waals surface area contributed by atoms with E-state index in [0.29, 0.717) is 16.7 Å². The van der Waals surface area contributed by atoms with Crippen LogP contribution in [0.3, 0.4) is 0 Å². The second-order valence-corrected chi connectivity index (χ2v) is 7.57. The molecule has 0 atom stereocenters. The number of fused-ring (bicyclic) bond motifs is 1. The van der Waals surface area contributed by atoms with Crippen LogP contribution in [0.4, 0.5) is 8.78 Å². The second-order valence-electron chi connectivity index (χ2n) is 6.51. The zero-order valence-electron chi connectivity index (χ0n) is 15.1.